The van der Waals surface area contributed by atoms with E-state index in [2.05, 4.69) is 4.99 Å². The minimum absolute atomic E-state index is 0.0487. The molecule has 0 aliphatic carbocycles. The minimum Gasteiger partial charge on any atom is -0.465 e. The molecule has 0 radical (unpaired) electrons. The van der Waals surface area contributed by atoms with Gasteiger partial charge in [-0.15, -0.1) is 0 Å². The Labute approximate surface area is 186 Å². The highest BCUT2D eigenvalue weighted by Crippen LogP contribution is 2.20. The number of amides is 1. The van der Waals surface area contributed by atoms with Crippen LogP contribution in [-0.4, -0.2) is 40.5 Å². The maximum absolute atomic E-state index is 12.5. The van der Waals surface area contributed by atoms with Crippen LogP contribution in [-0.2, 0) is 16.1 Å². The number of thioether (sulfide) groups is 1. The smallest absolute Gasteiger partial charge is 0.337 e. The van der Waals surface area contributed by atoms with Gasteiger partial charge in [0.15, 0.2) is 4.80 Å². The molecular formula is C21H19N3O5S2. The molecule has 0 saturated heterocycles. The summed E-state index contributed by atoms with van der Waals surface area (Å²) in [6.45, 7) is 0.652. The first-order valence-corrected chi connectivity index (χ1v) is 11.4. The maximum atomic E-state index is 12.5. The van der Waals surface area contributed by atoms with Crippen molar-refractivity contribution < 1.29 is 19.2 Å². The summed E-state index contributed by atoms with van der Waals surface area (Å²) in [6.07, 6.45) is 4.77. The zero-order valence-corrected chi connectivity index (χ0v) is 18.4. The van der Waals surface area contributed by atoms with E-state index in [1.807, 2.05) is 16.9 Å². The lowest BCUT2D eigenvalue weighted by Crippen LogP contribution is -2.17. The molecule has 0 spiro atoms. The number of aryl methyl sites for hydroxylation is 1. The third-order valence-electron chi connectivity index (χ3n) is 4.33. The summed E-state index contributed by atoms with van der Waals surface area (Å²) in [4.78, 5) is 39.4. The first kappa shape index (κ1) is 22.4. The molecule has 0 N–H and O–H groups in total. The van der Waals surface area contributed by atoms with Gasteiger partial charge in [0.1, 0.15) is 0 Å². The van der Waals surface area contributed by atoms with Crippen molar-refractivity contribution in [1.29, 1.82) is 0 Å². The Morgan fingerprint density at radius 2 is 2.10 bits per heavy atom. The molecule has 0 saturated carbocycles. The highest BCUT2D eigenvalue weighted by atomic mass is 32.2. The Hall–Kier alpha value is -3.24. The molecule has 1 aromatic heterocycles. The van der Waals surface area contributed by atoms with Gasteiger partial charge in [-0.3, -0.25) is 14.9 Å². The van der Waals surface area contributed by atoms with Gasteiger partial charge in [-0.05, 0) is 36.1 Å². The average Bonchev–Trinajstić information content (AvgIpc) is 3.11. The van der Waals surface area contributed by atoms with Gasteiger partial charge in [0.2, 0.25) is 0 Å². The number of esters is 1. The van der Waals surface area contributed by atoms with Gasteiger partial charge in [0.05, 0.1) is 27.8 Å². The molecule has 1 amide bonds. The molecule has 1 heterocycles. The number of rotatable bonds is 7. The molecule has 0 aliphatic heterocycles. The SMILES string of the molecule is COC(=O)c1ccc2c(c1)sc(=NC(=O)C=Cc1cccc([N+](=O)[O-])c1)n2CCSC. The van der Waals surface area contributed by atoms with E-state index in [-0.39, 0.29) is 5.69 Å². The molecule has 0 aliphatic rings. The van der Waals surface area contributed by atoms with Gasteiger partial charge in [-0.25, -0.2) is 4.79 Å². The summed E-state index contributed by atoms with van der Waals surface area (Å²) in [6, 6.07) is 11.2. The molecule has 0 fully saturated rings. The molecule has 8 nitrogen and oxygen atoms in total. The lowest BCUT2D eigenvalue weighted by atomic mass is 10.2. The van der Waals surface area contributed by atoms with Crippen LogP contribution in [0.25, 0.3) is 16.3 Å². The molecule has 31 heavy (non-hydrogen) atoms. The largest absolute Gasteiger partial charge is 0.465 e. The highest BCUT2D eigenvalue weighted by Gasteiger charge is 2.12. The van der Waals surface area contributed by atoms with E-state index in [4.69, 9.17) is 4.74 Å². The van der Waals surface area contributed by atoms with Gasteiger partial charge >= 0.3 is 5.97 Å². The second kappa shape index (κ2) is 10.2. The number of non-ortho nitro benzene ring substituents is 1. The number of methoxy groups -OCH3 is 1. The second-order valence-electron chi connectivity index (χ2n) is 6.34. The molecule has 0 atom stereocenters. The molecule has 0 bridgehead atoms. The fourth-order valence-corrected chi connectivity index (χ4v) is 4.31. The number of benzene rings is 2. The third kappa shape index (κ3) is 5.47. The van der Waals surface area contributed by atoms with Crippen molar-refractivity contribution >= 4 is 57.0 Å². The summed E-state index contributed by atoms with van der Waals surface area (Å²) in [5.74, 6) is -0.0836. The zero-order valence-electron chi connectivity index (χ0n) is 16.8. The number of hydrogen-bond donors (Lipinski definition) is 0. The van der Waals surface area contributed by atoms with E-state index >= 15 is 0 Å². The predicted octanol–water partition coefficient (Wildman–Crippen LogP) is 3.90. The van der Waals surface area contributed by atoms with E-state index in [1.165, 1.54) is 42.7 Å². The van der Waals surface area contributed by atoms with Crippen LogP contribution < -0.4 is 4.80 Å². The number of ether oxygens (including phenoxy) is 1. The number of nitro benzene ring substituents is 1. The monoisotopic (exact) mass is 457 g/mol. The van der Waals surface area contributed by atoms with Crippen LogP contribution >= 0.6 is 23.1 Å². The Balaban J connectivity index is 1.97. The number of nitro groups is 1. The average molecular weight is 458 g/mol. The standard InChI is InChI=1S/C21H19N3O5S2/c1-29-20(26)15-7-8-17-18(13-15)31-21(23(17)10-11-30-2)22-19(25)9-6-14-4-3-5-16(12-14)24(27)28/h3-9,12-13H,10-11H2,1-2H3. The van der Waals surface area contributed by atoms with Crippen molar-refractivity contribution in [3.63, 3.8) is 0 Å². The van der Waals surface area contributed by atoms with Crippen LogP contribution in [0.1, 0.15) is 15.9 Å². The van der Waals surface area contributed by atoms with Crippen molar-refractivity contribution in [1.82, 2.24) is 4.57 Å². The van der Waals surface area contributed by atoms with Crippen LogP contribution in [0, 0.1) is 10.1 Å². The third-order valence-corrected chi connectivity index (χ3v) is 5.96. The molecular weight excluding hydrogens is 438 g/mol. The van der Waals surface area contributed by atoms with E-state index < -0.39 is 16.8 Å². The summed E-state index contributed by atoms with van der Waals surface area (Å²) < 4.78 is 7.53. The quantitative estimate of drug-likeness (QED) is 0.231. The highest BCUT2D eigenvalue weighted by molar-refractivity contribution is 7.98. The lowest BCUT2D eigenvalue weighted by molar-refractivity contribution is -0.384. The number of hydrogen-bond acceptors (Lipinski definition) is 7. The minimum atomic E-state index is -0.488. The number of nitrogens with zero attached hydrogens (tertiary/aromatic N) is 3. The molecule has 2 aromatic carbocycles. The fourth-order valence-electron chi connectivity index (χ4n) is 2.84. The molecule has 3 rings (SSSR count). The first-order chi connectivity index (χ1) is 14.9. The van der Waals surface area contributed by atoms with Crippen LogP contribution in [0.15, 0.2) is 53.5 Å². The van der Waals surface area contributed by atoms with Gasteiger partial charge in [0.25, 0.3) is 11.6 Å². The number of carbonyl (C=O) groups excluding carboxylic acids is 2. The molecule has 0 unspecified atom stereocenters. The van der Waals surface area contributed by atoms with Crippen molar-refractivity contribution in [2.24, 2.45) is 4.99 Å². The van der Waals surface area contributed by atoms with Crippen LogP contribution in [0.3, 0.4) is 0 Å². The molecule has 10 heteroatoms. The Bertz CT molecular complexity index is 1240. The number of thiazole rings is 1. The van der Waals surface area contributed by atoms with Crippen LogP contribution in [0.2, 0.25) is 0 Å². The Morgan fingerprint density at radius 1 is 1.29 bits per heavy atom. The summed E-state index contributed by atoms with van der Waals surface area (Å²) in [5.41, 5.74) is 1.79. The first-order valence-electron chi connectivity index (χ1n) is 9.15. The van der Waals surface area contributed by atoms with Gasteiger partial charge in [0, 0.05) is 30.5 Å². The zero-order chi connectivity index (χ0) is 22.4. The number of aromatic nitrogens is 1. The van der Waals surface area contributed by atoms with Crippen LogP contribution in [0.4, 0.5) is 5.69 Å². The van der Waals surface area contributed by atoms with Crippen molar-refractivity contribution in [2.75, 3.05) is 19.1 Å². The van der Waals surface area contributed by atoms with E-state index in [1.54, 1.807) is 36.0 Å². The van der Waals surface area contributed by atoms with Gasteiger partial charge in [-0.1, -0.05) is 23.5 Å². The maximum Gasteiger partial charge on any atom is 0.337 e. The Morgan fingerprint density at radius 3 is 2.81 bits per heavy atom. The molecule has 160 valence electrons. The summed E-state index contributed by atoms with van der Waals surface area (Å²) >= 11 is 2.98. The van der Waals surface area contributed by atoms with Crippen molar-refractivity contribution in [2.45, 2.75) is 6.54 Å². The van der Waals surface area contributed by atoms with Crippen molar-refractivity contribution in [3.05, 3.63) is 74.6 Å². The number of fused-ring (bicyclic) bond motifs is 1. The molecule has 3 aromatic rings. The number of carbonyl (C=O) groups is 2. The van der Waals surface area contributed by atoms with E-state index in [0.717, 1.165) is 16.0 Å². The summed E-state index contributed by atoms with van der Waals surface area (Å²) in [5, 5.41) is 10.9. The fraction of sp³-hybridized carbons (Fsp3) is 0.190. The van der Waals surface area contributed by atoms with Crippen LogP contribution in [0.5, 0.6) is 0 Å². The normalized spacial score (nSPS) is 11.9. The Kier molecular flexibility index (Phi) is 7.37. The van der Waals surface area contributed by atoms with E-state index in [9.17, 15) is 19.7 Å². The predicted molar refractivity (Wildman–Crippen MR) is 122 cm³/mol. The lowest BCUT2D eigenvalue weighted by Gasteiger charge is -2.04. The van der Waals surface area contributed by atoms with Crippen molar-refractivity contribution in [3.8, 4) is 0 Å². The van der Waals surface area contributed by atoms with E-state index in [0.29, 0.717) is 22.5 Å². The van der Waals surface area contributed by atoms with Gasteiger partial charge in [-0.2, -0.15) is 16.8 Å². The second-order valence-corrected chi connectivity index (χ2v) is 8.33. The summed E-state index contributed by atoms with van der Waals surface area (Å²) in [7, 11) is 1.33. The van der Waals surface area contributed by atoms with Gasteiger partial charge < -0.3 is 9.30 Å². The topological polar surface area (TPSA) is 104 Å².